The van der Waals surface area contributed by atoms with Crippen molar-refractivity contribution in [2.45, 2.75) is 41.5 Å². The van der Waals surface area contributed by atoms with E-state index in [1.54, 1.807) is 18.6 Å². The van der Waals surface area contributed by atoms with E-state index in [9.17, 15) is 0 Å². The van der Waals surface area contributed by atoms with Crippen LogP contribution < -0.4 is 0 Å². The summed E-state index contributed by atoms with van der Waals surface area (Å²) in [5.74, 6) is 1.98. The molecule has 3 heteroatoms. The molecule has 0 aliphatic carbocycles. The Hall–Kier alpha value is -2.16. The molecule has 0 saturated heterocycles. The van der Waals surface area contributed by atoms with Gasteiger partial charge >= 0.3 is 0 Å². The Kier molecular flexibility index (Phi) is 4.88. The quantitative estimate of drug-likeness (QED) is 0.743. The van der Waals surface area contributed by atoms with Gasteiger partial charge in [-0.25, -0.2) is 0 Å². The molecule has 23 heavy (non-hydrogen) atoms. The highest BCUT2D eigenvalue weighted by Crippen LogP contribution is 2.38. The first-order chi connectivity index (χ1) is 10.7. The summed E-state index contributed by atoms with van der Waals surface area (Å²) >= 11 is 0. The molecule has 0 spiro atoms. The highest BCUT2D eigenvalue weighted by atomic mass is 16.5. The highest BCUT2D eigenvalue weighted by molar-refractivity contribution is 5.49. The molecule has 0 N–H and O–H groups in total. The molecule has 122 valence electrons. The van der Waals surface area contributed by atoms with E-state index < -0.39 is 0 Å². The largest absolute Gasteiger partial charge is 0.465 e. The first kappa shape index (κ1) is 17.2. The van der Waals surface area contributed by atoms with Crippen LogP contribution in [-0.4, -0.2) is 9.97 Å². The maximum absolute atomic E-state index is 6.15. The fourth-order valence-electron chi connectivity index (χ4n) is 2.01. The number of hydrogen-bond donors (Lipinski definition) is 0. The summed E-state index contributed by atoms with van der Waals surface area (Å²) < 4.78 is 6.15. The first-order valence-corrected chi connectivity index (χ1v) is 7.93. The molecule has 1 aromatic heterocycles. The van der Waals surface area contributed by atoms with Crippen molar-refractivity contribution < 1.29 is 4.74 Å². The Morgan fingerprint density at radius 3 is 2.00 bits per heavy atom. The van der Waals surface area contributed by atoms with Gasteiger partial charge in [-0.2, -0.15) is 0 Å². The van der Waals surface area contributed by atoms with E-state index in [2.05, 4.69) is 69.7 Å². The van der Waals surface area contributed by atoms with E-state index in [0.29, 0.717) is 0 Å². The van der Waals surface area contributed by atoms with Gasteiger partial charge in [-0.1, -0.05) is 53.7 Å². The molecule has 0 unspecified atom stereocenters. The van der Waals surface area contributed by atoms with E-state index in [1.807, 2.05) is 12.2 Å². The maximum atomic E-state index is 6.15. The number of hydrogen-bond acceptors (Lipinski definition) is 3. The van der Waals surface area contributed by atoms with E-state index in [0.717, 1.165) is 22.8 Å². The van der Waals surface area contributed by atoms with Crippen molar-refractivity contribution in [3.05, 3.63) is 65.7 Å². The Bertz CT molecular complexity index is 634. The van der Waals surface area contributed by atoms with Crippen LogP contribution in [0, 0.1) is 10.8 Å². The molecule has 3 nitrogen and oxygen atoms in total. The predicted octanol–water partition coefficient (Wildman–Crippen LogP) is 5.31. The van der Waals surface area contributed by atoms with Crippen molar-refractivity contribution in [2.75, 3.05) is 0 Å². The van der Waals surface area contributed by atoms with Crippen molar-refractivity contribution in [2.24, 2.45) is 10.8 Å². The number of allylic oxidation sites excluding steroid dienone is 7. The molecule has 0 fully saturated rings. The minimum atomic E-state index is -0.0293. The van der Waals surface area contributed by atoms with Gasteiger partial charge in [0.2, 0.25) is 0 Å². The monoisotopic (exact) mass is 310 g/mol. The lowest BCUT2D eigenvalue weighted by Gasteiger charge is -2.32. The molecule has 2 rings (SSSR count). The van der Waals surface area contributed by atoms with Crippen LogP contribution >= 0.6 is 0 Å². The molecule has 0 radical (unpaired) electrons. The first-order valence-electron chi connectivity index (χ1n) is 7.93. The van der Waals surface area contributed by atoms with Gasteiger partial charge in [0.1, 0.15) is 11.5 Å². The lowest BCUT2D eigenvalue weighted by Crippen LogP contribution is -2.21. The van der Waals surface area contributed by atoms with E-state index in [1.165, 1.54) is 0 Å². The Morgan fingerprint density at radius 2 is 1.52 bits per heavy atom. The Balaban J connectivity index is 2.31. The Labute approximate surface area is 139 Å². The lowest BCUT2D eigenvalue weighted by atomic mass is 9.87. The molecule has 0 bridgehead atoms. The second kappa shape index (κ2) is 6.53. The van der Waals surface area contributed by atoms with Gasteiger partial charge in [0, 0.05) is 23.2 Å². The van der Waals surface area contributed by atoms with Gasteiger partial charge in [-0.05, 0) is 23.8 Å². The molecule has 0 atom stereocenters. The van der Waals surface area contributed by atoms with Crippen molar-refractivity contribution in [3.8, 4) is 0 Å². The van der Waals surface area contributed by atoms with Crippen LogP contribution in [0.1, 0.15) is 47.2 Å². The third-order valence-corrected chi connectivity index (χ3v) is 3.43. The van der Waals surface area contributed by atoms with Crippen molar-refractivity contribution in [1.29, 1.82) is 0 Å². The minimum Gasteiger partial charge on any atom is -0.465 e. The molecule has 0 aromatic carbocycles. The van der Waals surface area contributed by atoms with Gasteiger partial charge in [-0.15, -0.1) is 0 Å². The zero-order valence-corrected chi connectivity index (χ0v) is 14.9. The predicted molar refractivity (Wildman–Crippen MR) is 95.3 cm³/mol. The topological polar surface area (TPSA) is 35.0 Å². The summed E-state index contributed by atoms with van der Waals surface area (Å²) in [7, 11) is 0. The fraction of sp³-hybridized carbons (Fsp3) is 0.400. The van der Waals surface area contributed by atoms with Crippen LogP contribution in [0.15, 0.2) is 60.0 Å². The second-order valence-electron chi connectivity index (χ2n) is 7.78. The number of rotatable bonds is 2. The van der Waals surface area contributed by atoms with Gasteiger partial charge in [0.05, 0.1) is 11.9 Å². The average molecular weight is 310 g/mol. The molecule has 1 aliphatic heterocycles. The van der Waals surface area contributed by atoms with E-state index >= 15 is 0 Å². The third kappa shape index (κ3) is 4.92. The summed E-state index contributed by atoms with van der Waals surface area (Å²) in [6.07, 6.45) is 15.3. The van der Waals surface area contributed by atoms with Crippen molar-refractivity contribution in [1.82, 2.24) is 9.97 Å². The molecular formula is C20H26N2O. The summed E-state index contributed by atoms with van der Waals surface area (Å²) in [4.78, 5) is 8.30. The van der Waals surface area contributed by atoms with Crippen LogP contribution in [0.25, 0.3) is 6.08 Å². The minimum absolute atomic E-state index is 0.0293. The van der Waals surface area contributed by atoms with E-state index in [-0.39, 0.29) is 10.8 Å². The average Bonchev–Trinajstić information content (AvgIpc) is 2.46. The molecular weight excluding hydrogens is 284 g/mol. The van der Waals surface area contributed by atoms with Crippen LogP contribution in [0.2, 0.25) is 0 Å². The van der Waals surface area contributed by atoms with Crippen LogP contribution in [0.4, 0.5) is 0 Å². The molecule has 2 heterocycles. The van der Waals surface area contributed by atoms with Crippen molar-refractivity contribution in [3.63, 3.8) is 0 Å². The highest BCUT2D eigenvalue weighted by Gasteiger charge is 2.28. The summed E-state index contributed by atoms with van der Waals surface area (Å²) in [6, 6.07) is 0. The molecule has 0 amide bonds. The summed E-state index contributed by atoms with van der Waals surface area (Å²) in [6.45, 7) is 13.0. The second-order valence-corrected chi connectivity index (χ2v) is 7.78. The maximum Gasteiger partial charge on any atom is 0.110 e. The zero-order valence-electron chi connectivity index (χ0n) is 14.9. The SMILES string of the molecule is CC(C)(C)C1=CC(=C/C=C/c2cnccn2)C=C(C(C)(C)C)O1. The lowest BCUT2D eigenvalue weighted by molar-refractivity contribution is 0.161. The third-order valence-electron chi connectivity index (χ3n) is 3.43. The smallest absolute Gasteiger partial charge is 0.110 e. The van der Waals surface area contributed by atoms with Gasteiger partial charge in [0.15, 0.2) is 0 Å². The Morgan fingerprint density at radius 1 is 0.913 bits per heavy atom. The summed E-state index contributed by atoms with van der Waals surface area (Å²) in [5, 5.41) is 0. The van der Waals surface area contributed by atoms with Crippen LogP contribution in [0.5, 0.6) is 0 Å². The molecule has 1 aromatic rings. The van der Waals surface area contributed by atoms with Gasteiger partial charge in [-0.3, -0.25) is 9.97 Å². The van der Waals surface area contributed by atoms with Gasteiger partial charge < -0.3 is 4.74 Å². The zero-order chi connectivity index (χ0) is 17.1. The number of aromatic nitrogens is 2. The van der Waals surface area contributed by atoms with Gasteiger partial charge in [0.25, 0.3) is 0 Å². The summed E-state index contributed by atoms with van der Waals surface area (Å²) in [5.41, 5.74) is 1.92. The van der Waals surface area contributed by atoms with Crippen LogP contribution in [0.3, 0.4) is 0 Å². The standard InChI is InChI=1S/C20H26N2O/c1-19(2,3)17-12-15(13-18(23-17)20(4,5)6)8-7-9-16-14-21-10-11-22-16/h7-14H,1-6H3/b9-7+. The number of ether oxygens (including phenoxy) is 1. The fourth-order valence-corrected chi connectivity index (χ4v) is 2.01. The van der Waals surface area contributed by atoms with Crippen molar-refractivity contribution >= 4 is 6.08 Å². The van der Waals surface area contributed by atoms with Crippen LogP contribution in [-0.2, 0) is 4.74 Å². The number of nitrogens with zero attached hydrogens (tertiary/aromatic N) is 2. The van der Waals surface area contributed by atoms with E-state index in [4.69, 9.17) is 4.74 Å². The normalized spacial score (nSPS) is 16.0. The molecule has 0 saturated carbocycles. The molecule has 1 aliphatic rings.